The summed E-state index contributed by atoms with van der Waals surface area (Å²) in [6, 6.07) is 19.6. The number of rotatable bonds is 8. The first-order chi connectivity index (χ1) is 15.9. The van der Waals surface area contributed by atoms with Crippen molar-refractivity contribution in [3.8, 4) is 0 Å². The largest absolute Gasteiger partial charge is 0.469 e. The fourth-order valence-electron chi connectivity index (χ4n) is 5.56. The number of carbonyl (C=O) groups excluding carboxylic acids is 1. The highest BCUT2D eigenvalue weighted by atomic mass is 32.2. The zero-order valence-electron chi connectivity index (χ0n) is 20.6. The third-order valence-electron chi connectivity index (χ3n) is 7.40. The summed E-state index contributed by atoms with van der Waals surface area (Å²) in [5.41, 5.74) is 0. The average Bonchev–Trinajstić information content (AvgIpc) is 2.80. The van der Waals surface area contributed by atoms with Crippen LogP contribution in [0.15, 0.2) is 60.7 Å². The highest BCUT2D eigenvalue weighted by Gasteiger charge is 2.52. The molecule has 1 saturated carbocycles. The molecule has 6 nitrogen and oxygen atoms in total. The maximum absolute atomic E-state index is 12.5. The predicted molar refractivity (Wildman–Crippen MR) is 136 cm³/mol. The molecule has 1 aliphatic carbocycles. The molecule has 0 aromatic heterocycles. The highest BCUT2D eigenvalue weighted by Crippen LogP contribution is 2.48. The van der Waals surface area contributed by atoms with E-state index in [0.717, 1.165) is 16.6 Å². The Morgan fingerprint density at radius 1 is 1.03 bits per heavy atom. The van der Waals surface area contributed by atoms with Crippen LogP contribution in [-0.4, -0.2) is 47.0 Å². The maximum Gasteiger partial charge on any atom is 0.308 e. The van der Waals surface area contributed by atoms with Gasteiger partial charge in [0.2, 0.25) is 0 Å². The lowest BCUT2D eigenvalue weighted by Gasteiger charge is -2.46. The number of esters is 1. The fraction of sp³-hybridized carbons (Fsp3) is 0.500. The molecule has 3 rings (SSSR count). The van der Waals surface area contributed by atoms with Crippen molar-refractivity contribution in [3.63, 3.8) is 0 Å². The second kappa shape index (κ2) is 10.3. The Morgan fingerprint density at radius 3 is 1.97 bits per heavy atom. The Balaban J connectivity index is 2.01. The number of benzene rings is 2. The van der Waals surface area contributed by atoms with Crippen LogP contribution < -0.4 is 10.4 Å². The smallest absolute Gasteiger partial charge is 0.308 e. The summed E-state index contributed by atoms with van der Waals surface area (Å²) in [6.45, 7) is 6.15. The van der Waals surface area contributed by atoms with Crippen LogP contribution in [0.5, 0.6) is 0 Å². The molecule has 2 aromatic rings. The summed E-state index contributed by atoms with van der Waals surface area (Å²) in [7, 11) is -5.58. The lowest BCUT2D eigenvalue weighted by molar-refractivity contribution is -0.149. The van der Waals surface area contributed by atoms with E-state index in [0.29, 0.717) is 19.3 Å². The summed E-state index contributed by atoms with van der Waals surface area (Å²) in [6.07, 6.45) is 1.90. The van der Waals surface area contributed by atoms with Crippen molar-refractivity contribution in [1.82, 2.24) is 0 Å². The quantitative estimate of drug-likeness (QED) is 0.338. The molecular weight excluding hydrogens is 468 g/mol. The minimum Gasteiger partial charge on any atom is -0.469 e. The molecular formula is C26H36O6SSi. The predicted octanol–water partition coefficient (Wildman–Crippen LogP) is 3.09. The molecule has 1 N–H and O–H groups in total. The van der Waals surface area contributed by atoms with Crippen LogP contribution in [-0.2, 0) is 23.8 Å². The van der Waals surface area contributed by atoms with Crippen molar-refractivity contribution < 1.29 is 26.9 Å². The molecule has 0 spiro atoms. The Labute approximate surface area is 204 Å². The van der Waals surface area contributed by atoms with Gasteiger partial charge >= 0.3 is 5.97 Å². The molecule has 0 bridgehead atoms. The normalized spacial score (nSPS) is 23.9. The van der Waals surface area contributed by atoms with Gasteiger partial charge in [-0.05, 0) is 46.5 Å². The zero-order valence-corrected chi connectivity index (χ0v) is 22.4. The SMILES string of the molecule is COC(=O)[C@@H]1C[C@@H](CC(C)(C)[Si](O)(c2ccccc2)c2ccccc2)[C@H](C)[C@H](OS(C)(=O)=O)C1. The molecule has 8 heteroatoms. The Bertz CT molecular complexity index is 1030. The highest BCUT2D eigenvalue weighted by molar-refractivity contribution is 7.86. The zero-order chi connectivity index (χ0) is 25.1. The molecule has 0 amide bonds. The summed E-state index contributed by atoms with van der Waals surface area (Å²) in [4.78, 5) is 25.0. The van der Waals surface area contributed by atoms with Crippen LogP contribution in [0.2, 0.25) is 5.04 Å². The van der Waals surface area contributed by atoms with Gasteiger partial charge in [0.15, 0.2) is 0 Å². The lowest BCUT2D eigenvalue weighted by Crippen LogP contribution is -2.66. The van der Waals surface area contributed by atoms with Crippen molar-refractivity contribution in [2.45, 2.75) is 51.2 Å². The first kappa shape index (κ1) is 26.6. The maximum atomic E-state index is 12.5. The molecule has 186 valence electrons. The first-order valence-corrected chi connectivity index (χ1v) is 15.4. The number of methoxy groups -OCH3 is 1. The number of hydrogen-bond donors (Lipinski definition) is 1. The third kappa shape index (κ3) is 5.62. The van der Waals surface area contributed by atoms with Gasteiger partial charge in [0.05, 0.1) is 25.4 Å². The van der Waals surface area contributed by atoms with Gasteiger partial charge in [-0.1, -0.05) is 81.4 Å². The standard InChI is InChI=1S/C26H36O6SSi/c1-19-21(16-20(25(27)31-4)17-24(19)32-33(5,28)29)18-26(2,3)34(30,22-12-8-6-9-13-22)23-14-10-7-11-15-23/h6-15,19-21,24,30H,16-18H2,1-5H3/t19-,20+,21-,24+/m0/s1. The number of ether oxygens (including phenoxy) is 1. The topological polar surface area (TPSA) is 89.9 Å². The van der Waals surface area contributed by atoms with Crippen LogP contribution in [0.4, 0.5) is 0 Å². The van der Waals surface area contributed by atoms with Crippen LogP contribution >= 0.6 is 0 Å². The minimum absolute atomic E-state index is 0.0361. The molecule has 2 aromatic carbocycles. The molecule has 1 fully saturated rings. The average molecular weight is 505 g/mol. The molecule has 0 aliphatic heterocycles. The van der Waals surface area contributed by atoms with E-state index in [2.05, 4.69) is 13.8 Å². The van der Waals surface area contributed by atoms with Crippen LogP contribution in [0, 0.1) is 17.8 Å². The molecule has 0 saturated heterocycles. The first-order valence-electron chi connectivity index (χ1n) is 11.7. The van der Waals surface area contributed by atoms with Gasteiger partial charge in [-0.3, -0.25) is 8.98 Å². The van der Waals surface area contributed by atoms with E-state index in [4.69, 9.17) is 8.92 Å². The van der Waals surface area contributed by atoms with E-state index in [1.165, 1.54) is 7.11 Å². The number of carbonyl (C=O) groups is 1. The van der Waals surface area contributed by atoms with E-state index in [1.54, 1.807) is 0 Å². The van der Waals surface area contributed by atoms with Crippen molar-refractivity contribution in [3.05, 3.63) is 60.7 Å². The van der Waals surface area contributed by atoms with Crippen molar-refractivity contribution in [1.29, 1.82) is 0 Å². The fourth-order valence-corrected chi connectivity index (χ4v) is 10.1. The van der Waals surface area contributed by atoms with Gasteiger partial charge in [-0.2, -0.15) is 8.42 Å². The summed E-state index contributed by atoms with van der Waals surface area (Å²) < 4.78 is 34.3. The minimum atomic E-state index is -3.69. The third-order valence-corrected chi connectivity index (χ3v) is 12.5. The second-order valence-electron chi connectivity index (χ2n) is 10.2. The van der Waals surface area contributed by atoms with Crippen LogP contribution in [0.3, 0.4) is 0 Å². The van der Waals surface area contributed by atoms with Crippen molar-refractivity contribution >= 4 is 34.8 Å². The lowest BCUT2D eigenvalue weighted by atomic mass is 9.70. The Kier molecular flexibility index (Phi) is 8.07. The van der Waals surface area contributed by atoms with Crippen LogP contribution in [0.1, 0.15) is 40.0 Å². The van der Waals surface area contributed by atoms with Gasteiger partial charge in [0.1, 0.15) is 0 Å². The van der Waals surface area contributed by atoms with Gasteiger partial charge < -0.3 is 9.53 Å². The number of hydrogen-bond acceptors (Lipinski definition) is 6. The van der Waals surface area contributed by atoms with Gasteiger partial charge in [-0.25, -0.2) is 0 Å². The summed E-state index contributed by atoms with van der Waals surface area (Å²) in [5.74, 6) is -0.946. The van der Waals surface area contributed by atoms with Gasteiger partial charge in [0, 0.05) is 0 Å². The molecule has 0 heterocycles. The van der Waals surface area contributed by atoms with E-state index >= 15 is 0 Å². The molecule has 34 heavy (non-hydrogen) atoms. The molecule has 0 radical (unpaired) electrons. The van der Waals surface area contributed by atoms with Crippen LogP contribution in [0.25, 0.3) is 0 Å². The molecule has 0 unspecified atom stereocenters. The Morgan fingerprint density at radius 2 is 1.53 bits per heavy atom. The molecule has 4 atom stereocenters. The van der Waals surface area contributed by atoms with Gasteiger partial charge in [0.25, 0.3) is 18.4 Å². The van der Waals surface area contributed by atoms with E-state index in [1.807, 2.05) is 67.6 Å². The van der Waals surface area contributed by atoms with E-state index in [-0.39, 0.29) is 17.8 Å². The van der Waals surface area contributed by atoms with E-state index < -0.39 is 35.5 Å². The second-order valence-corrected chi connectivity index (χ2v) is 15.7. The van der Waals surface area contributed by atoms with Gasteiger partial charge in [-0.15, -0.1) is 0 Å². The Hall–Kier alpha value is -2.00. The van der Waals surface area contributed by atoms with Crippen molar-refractivity contribution in [2.24, 2.45) is 17.8 Å². The monoisotopic (exact) mass is 504 g/mol. The van der Waals surface area contributed by atoms with Crippen molar-refractivity contribution in [2.75, 3.05) is 13.4 Å². The molecule has 1 aliphatic rings. The van der Waals surface area contributed by atoms with E-state index in [9.17, 15) is 18.0 Å². The summed E-state index contributed by atoms with van der Waals surface area (Å²) in [5, 5.41) is 1.31. The summed E-state index contributed by atoms with van der Waals surface area (Å²) >= 11 is 0.